The molecule has 1 aliphatic rings. The average molecular weight is 281 g/mol. The number of fused-ring (bicyclic) bond motifs is 1. The van der Waals surface area contributed by atoms with Gasteiger partial charge in [-0.25, -0.2) is 0 Å². The molecule has 21 heavy (non-hydrogen) atoms. The zero-order valence-electron chi connectivity index (χ0n) is 13.2. The van der Waals surface area contributed by atoms with E-state index in [-0.39, 0.29) is 6.04 Å². The number of aryl methyl sites for hydroxylation is 2. The van der Waals surface area contributed by atoms with Gasteiger partial charge in [0.15, 0.2) is 0 Å². The van der Waals surface area contributed by atoms with E-state index >= 15 is 0 Å². The molecule has 2 atom stereocenters. The molecule has 2 aromatic carbocycles. The third kappa shape index (κ3) is 2.29. The smallest absolute Gasteiger partial charge is 0.121 e. The standard InChI is InChI=1S/C19H23NO/c1-11-6-5-7-15(14(11)4)20-16-10-13(3)18-12(2)8-9-17(21)19(16)18/h5-9,13,16,20-21H,10H2,1-4H3. The quantitative estimate of drug-likeness (QED) is 0.814. The normalized spacial score (nSPS) is 20.4. The van der Waals surface area contributed by atoms with Crippen LogP contribution in [0.4, 0.5) is 5.69 Å². The summed E-state index contributed by atoms with van der Waals surface area (Å²) in [6.45, 7) is 8.66. The van der Waals surface area contributed by atoms with Gasteiger partial charge in [-0.15, -0.1) is 0 Å². The Bertz CT molecular complexity index is 690. The monoisotopic (exact) mass is 281 g/mol. The molecule has 1 aliphatic carbocycles. The fourth-order valence-electron chi connectivity index (χ4n) is 3.57. The minimum atomic E-state index is 0.190. The third-order valence-electron chi connectivity index (χ3n) is 4.85. The van der Waals surface area contributed by atoms with Gasteiger partial charge in [-0.1, -0.05) is 25.1 Å². The zero-order valence-corrected chi connectivity index (χ0v) is 13.2. The van der Waals surface area contributed by atoms with Crippen molar-refractivity contribution >= 4 is 5.69 Å². The fourth-order valence-corrected chi connectivity index (χ4v) is 3.57. The Morgan fingerprint density at radius 3 is 2.52 bits per heavy atom. The van der Waals surface area contributed by atoms with Gasteiger partial charge in [0.25, 0.3) is 0 Å². The van der Waals surface area contributed by atoms with E-state index in [1.54, 1.807) is 0 Å². The summed E-state index contributed by atoms with van der Waals surface area (Å²) in [5.74, 6) is 0.900. The molecule has 0 spiro atoms. The second-order valence-corrected chi connectivity index (χ2v) is 6.31. The molecule has 0 amide bonds. The first-order valence-electron chi connectivity index (χ1n) is 7.64. The highest BCUT2D eigenvalue weighted by Gasteiger charge is 2.32. The summed E-state index contributed by atoms with van der Waals surface area (Å²) >= 11 is 0. The maximum Gasteiger partial charge on any atom is 0.121 e. The summed E-state index contributed by atoms with van der Waals surface area (Å²) in [5.41, 5.74) is 7.42. The predicted octanol–water partition coefficient (Wildman–Crippen LogP) is 4.98. The number of anilines is 1. The van der Waals surface area contributed by atoms with Crippen molar-refractivity contribution in [3.63, 3.8) is 0 Å². The zero-order chi connectivity index (χ0) is 15.1. The number of phenolic OH excluding ortho intramolecular Hbond substituents is 1. The summed E-state index contributed by atoms with van der Waals surface area (Å²) in [5, 5.41) is 14.0. The average Bonchev–Trinajstić information content (AvgIpc) is 2.77. The van der Waals surface area contributed by atoms with Crippen LogP contribution in [0.15, 0.2) is 30.3 Å². The molecule has 0 bridgehead atoms. The molecule has 2 unspecified atom stereocenters. The topological polar surface area (TPSA) is 32.3 Å². The van der Waals surface area contributed by atoms with Gasteiger partial charge in [0.05, 0.1) is 6.04 Å². The molecule has 2 aromatic rings. The van der Waals surface area contributed by atoms with Gasteiger partial charge in [0.2, 0.25) is 0 Å². The van der Waals surface area contributed by atoms with Crippen LogP contribution in [0.5, 0.6) is 5.75 Å². The van der Waals surface area contributed by atoms with Gasteiger partial charge >= 0.3 is 0 Å². The van der Waals surface area contributed by atoms with Crippen LogP contribution in [0.3, 0.4) is 0 Å². The van der Waals surface area contributed by atoms with Gasteiger partial charge in [-0.2, -0.15) is 0 Å². The second kappa shape index (κ2) is 5.10. The van der Waals surface area contributed by atoms with Crippen molar-refractivity contribution < 1.29 is 5.11 Å². The van der Waals surface area contributed by atoms with Crippen molar-refractivity contribution in [1.82, 2.24) is 0 Å². The lowest BCUT2D eigenvalue weighted by atomic mass is 9.97. The van der Waals surface area contributed by atoms with Crippen LogP contribution < -0.4 is 5.32 Å². The Morgan fingerprint density at radius 2 is 1.76 bits per heavy atom. The number of hydrogen-bond donors (Lipinski definition) is 2. The van der Waals surface area contributed by atoms with E-state index in [0.717, 1.165) is 12.0 Å². The van der Waals surface area contributed by atoms with E-state index in [9.17, 15) is 5.11 Å². The highest BCUT2D eigenvalue weighted by Crippen LogP contribution is 2.47. The molecule has 0 fully saturated rings. The molecule has 2 heteroatoms. The second-order valence-electron chi connectivity index (χ2n) is 6.31. The van der Waals surface area contributed by atoms with E-state index in [4.69, 9.17) is 0 Å². The lowest BCUT2D eigenvalue weighted by Gasteiger charge is -2.19. The van der Waals surface area contributed by atoms with Crippen LogP contribution in [-0.4, -0.2) is 5.11 Å². The Balaban J connectivity index is 2.00. The van der Waals surface area contributed by atoms with Crippen molar-refractivity contribution in [3.05, 3.63) is 58.1 Å². The van der Waals surface area contributed by atoms with Crippen LogP contribution in [0.2, 0.25) is 0 Å². The SMILES string of the molecule is Cc1cccc(NC2CC(C)c3c(C)ccc(O)c32)c1C. The van der Waals surface area contributed by atoms with E-state index in [1.807, 2.05) is 12.1 Å². The lowest BCUT2D eigenvalue weighted by Crippen LogP contribution is -2.09. The summed E-state index contributed by atoms with van der Waals surface area (Å²) in [4.78, 5) is 0. The molecule has 3 rings (SSSR count). The molecule has 0 saturated heterocycles. The minimum Gasteiger partial charge on any atom is -0.508 e. The number of nitrogens with one attached hydrogen (secondary N) is 1. The van der Waals surface area contributed by atoms with Crippen molar-refractivity contribution in [1.29, 1.82) is 0 Å². The summed E-state index contributed by atoms with van der Waals surface area (Å²) < 4.78 is 0. The summed E-state index contributed by atoms with van der Waals surface area (Å²) in [6.07, 6.45) is 1.03. The van der Waals surface area contributed by atoms with E-state index in [2.05, 4.69) is 51.2 Å². The maximum atomic E-state index is 10.3. The molecule has 2 nitrogen and oxygen atoms in total. The van der Waals surface area contributed by atoms with Crippen molar-refractivity contribution in [2.45, 2.75) is 46.1 Å². The molecule has 0 heterocycles. The largest absolute Gasteiger partial charge is 0.508 e. The van der Waals surface area contributed by atoms with Crippen molar-refractivity contribution in [2.75, 3.05) is 5.32 Å². The van der Waals surface area contributed by atoms with E-state index < -0.39 is 0 Å². The lowest BCUT2D eigenvalue weighted by molar-refractivity contribution is 0.465. The number of rotatable bonds is 2. The van der Waals surface area contributed by atoms with E-state index in [1.165, 1.54) is 27.9 Å². The Kier molecular flexibility index (Phi) is 3.40. The van der Waals surface area contributed by atoms with Crippen LogP contribution in [-0.2, 0) is 0 Å². The van der Waals surface area contributed by atoms with Gasteiger partial charge in [0, 0.05) is 11.3 Å². The number of benzene rings is 2. The molecule has 110 valence electrons. The number of hydrogen-bond acceptors (Lipinski definition) is 2. The molecule has 0 radical (unpaired) electrons. The Morgan fingerprint density at radius 1 is 1.00 bits per heavy atom. The van der Waals surface area contributed by atoms with Gasteiger partial charge in [-0.05, 0) is 67.5 Å². The van der Waals surface area contributed by atoms with Crippen LogP contribution in [0.1, 0.15) is 53.1 Å². The first-order valence-corrected chi connectivity index (χ1v) is 7.64. The van der Waals surface area contributed by atoms with Crippen LogP contribution in [0, 0.1) is 20.8 Å². The van der Waals surface area contributed by atoms with E-state index in [0.29, 0.717) is 11.7 Å². The molecule has 0 aliphatic heterocycles. The van der Waals surface area contributed by atoms with Gasteiger partial charge < -0.3 is 10.4 Å². The fraction of sp³-hybridized carbons (Fsp3) is 0.368. The third-order valence-corrected chi connectivity index (χ3v) is 4.85. The molecular formula is C19H23NO. The highest BCUT2D eigenvalue weighted by molar-refractivity contribution is 5.59. The molecule has 0 saturated carbocycles. The van der Waals surface area contributed by atoms with Gasteiger partial charge in [-0.3, -0.25) is 0 Å². The first kappa shape index (κ1) is 14.0. The van der Waals surface area contributed by atoms with Gasteiger partial charge in [0.1, 0.15) is 5.75 Å². The molecule has 2 N–H and O–H groups in total. The highest BCUT2D eigenvalue weighted by atomic mass is 16.3. The summed E-state index contributed by atoms with van der Waals surface area (Å²) in [7, 11) is 0. The summed E-state index contributed by atoms with van der Waals surface area (Å²) in [6, 6.07) is 10.4. The first-order chi connectivity index (χ1) is 9.99. The van der Waals surface area contributed by atoms with Crippen molar-refractivity contribution in [2.24, 2.45) is 0 Å². The molecule has 0 aromatic heterocycles. The van der Waals surface area contributed by atoms with Crippen LogP contribution >= 0.6 is 0 Å². The molecular weight excluding hydrogens is 258 g/mol. The predicted molar refractivity (Wildman–Crippen MR) is 88.2 cm³/mol. The minimum absolute atomic E-state index is 0.190. The Labute approximate surface area is 126 Å². The van der Waals surface area contributed by atoms with Crippen molar-refractivity contribution in [3.8, 4) is 5.75 Å². The maximum absolute atomic E-state index is 10.3. The van der Waals surface area contributed by atoms with Crippen LogP contribution in [0.25, 0.3) is 0 Å². The Hall–Kier alpha value is -1.96. The number of aromatic hydroxyl groups is 1. The number of phenols is 1.